The number of amides is 1. The molecule has 0 spiro atoms. The lowest BCUT2D eigenvalue weighted by atomic mass is 10.1. The molecule has 1 amide bonds. The van der Waals surface area contributed by atoms with E-state index in [2.05, 4.69) is 15.5 Å². The summed E-state index contributed by atoms with van der Waals surface area (Å²) in [5.74, 6) is 0.898. The number of benzene rings is 1. The van der Waals surface area contributed by atoms with Crippen LogP contribution in [0.1, 0.15) is 18.9 Å². The molecule has 1 aromatic heterocycles. The third-order valence-corrected chi connectivity index (χ3v) is 3.47. The summed E-state index contributed by atoms with van der Waals surface area (Å²) < 4.78 is 15.2. The first kappa shape index (κ1) is 19.2. The zero-order valence-electron chi connectivity index (χ0n) is 15.0. The van der Waals surface area contributed by atoms with Crippen molar-refractivity contribution in [3.05, 3.63) is 30.0 Å². The van der Waals surface area contributed by atoms with Crippen molar-refractivity contribution in [2.45, 2.75) is 26.3 Å². The number of hydrogen-bond acceptors (Lipinski definition) is 7. The second kappa shape index (κ2) is 9.40. The van der Waals surface area contributed by atoms with E-state index in [1.807, 2.05) is 12.1 Å². The number of carbonyl (C=O) groups is 2. The van der Waals surface area contributed by atoms with Crippen LogP contribution in [0.2, 0.25) is 0 Å². The van der Waals surface area contributed by atoms with Gasteiger partial charge in [0.25, 0.3) is 0 Å². The van der Waals surface area contributed by atoms with Gasteiger partial charge in [0.2, 0.25) is 5.91 Å². The standard InChI is InChI=1S/C17H22N4O5/c1-4-26-17(23)11-21-18-10-15(20-21)19-16(22)8-6-12-5-7-13(24-2)14(9-12)25-3/h5,7,9-10H,4,6,8,11H2,1-3H3,(H,19,20,22). The second-order valence-corrected chi connectivity index (χ2v) is 5.30. The maximum Gasteiger partial charge on any atom is 0.329 e. The van der Waals surface area contributed by atoms with Crippen LogP contribution in [0.5, 0.6) is 11.5 Å². The van der Waals surface area contributed by atoms with Crippen LogP contribution in [0.3, 0.4) is 0 Å². The number of anilines is 1. The minimum absolute atomic E-state index is 0.102. The molecule has 9 heteroatoms. The Kier molecular flexibility index (Phi) is 6.95. The molecule has 0 unspecified atom stereocenters. The molecule has 9 nitrogen and oxygen atoms in total. The molecule has 140 valence electrons. The predicted octanol–water partition coefficient (Wildman–Crippen LogP) is 1.43. The lowest BCUT2D eigenvalue weighted by molar-refractivity contribution is -0.144. The highest BCUT2D eigenvalue weighted by Crippen LogP contribution is 2.27. The molecule has 1 heterocycles. The Morgan fingerprint density at radius 1 is 1.19 bits per heavy atom. The van der Waals surface area contributed by atoms with Crippen LogP contribution in [-0.4, -0.2) is 47.7 Å². The Morgan fingerprint density at radius 3 is 2.65 bits per heavy atom. The number of ether oxygens (including phenoxy) is 3. The van der Waals surface area contributed by atoms with Gasteiger partial charge in [0.05, 0.1) is 27.0 Å². The lowest BCUT2D eigenvalue weighted by Gasteiger charge is -2.09. The average Bonchev–Trinajstić information content (AvgIpc) is 3.06. The van der Waals surface area contributed by atoms with Crippen LogP contribution < -0.4 is 14.8 Å². The Balaban J connectivity index is 1.85. The smallest absolute Gasteiger partial charge is 0.329 e. The molecule has 0 saturated heterocycles. The van der Waals surface area contributed by atoms with Crippen molar-refractivity contribution in [1.29, 1.82) is 0 Å². The molecule has 0 fully saturated rings. The molecule has 0 saturated carbocycles. The molecule has 0 atom stereocenters. The Bertz CT molecular complexity index is 759. The van der Waals surface area contributed by atoms with E-state index in [-0.39, 0.29) is 24.7 Å². The third kappa shape index (κ3) is 5.47. The molecule has 2 aromatic rings. The quantitative estimate of drug-likeness (QED) is 0.673. The highest BCUT2D eigenvalue weighted by atomic mass is 16.5. The van der Waals surface area contributed by atoms with E-state index in [9.17, 15) is 9.59 Å². The first-order chi connectivity index (χ1) is 12.5. The number of esters is 1. The summed E-state index contributed by atoms with van der Waals surface area (Å²) >= 11 is 0. The van der Waals surface area contributed by atoms with Crippen molar-refractivity contribution in [3.8, 4) is 11.5 Å². The first-order valence-corrected chi connectivity index (χ1v) is 8.12. The number of aromatic nitrogens is 3. The van der Waals surface area contributed by atoms with Crippen molar-refractivity contribution >= 4 is 17.7 Å². The fourth-order valence-electron chi connectivity index (χ4n) is 2.25. The van der Waals surface area contributed by atoms with Gasteiger partial charge in [-0.05, 0) is 31.0 Å². The molecule has 0 bridgehead atoms. The summed E-state index contributed by atoms with van der Waals surface area (Å²) in [4.78, 5) is 24.6. The van der Waals surface area contributed by atoms with Crippen LogP contribution in [-0.2, 0) is 27.3 Å². The molecule has 2 rings (SSSR count). The van der Waals surface area contributed by atoms with Gasteiger partial charge in [0, 0.05) is 6.42 Å². The third-order valence-electron chi connectivity index (χ3n) is 3.47. The van der Waals surface area contributed by atoms with Crippen LogP contribution in [0, 0.1) is 0 Å². The van der Waals surface area contributed by atoms with Gasteiger partial charge >= 0.3 is 5.97 Å². The summed E-state index contributed by atoms with van der Waals surface area (Å²) in [6.07, 6.45) is 2.18. The summed E-state index contributed by atoms with van der Waals surface area (Å²) in [6, 6.07) is 5.51. The van der Waals surface area contributed by atoms with Gasteiger partial charge in [0.1, 0.15) is 0 Å². The number of carbonyl (C=O) groups excluding carboxylic acids is 2. The van der Waals surface area contributed by atoms with Gasteiger partial charge in [-0.15, -0.1) is 5.10 Å². The average molecular weight is 362 g/mol. The fraction of sp³-hybridized carbons (Fsp3) is 0.412. The van der Waals surface area contributed by atoms with Gasteiger partial charge in [0.15, 0.2) is 23.9 Å². The maximum atomic E-state index is 12.1. The first-order valence-electron chi connectivity index (χ1n) is 8.12. The van der Waals surface area contributed by atoms with Crippen molar-refractivity contribution in [2.24, 2.45) is 0 Å². The Labute approximate surface area is 151 Å². The van der Waals surface area contributed by atoms with Gasteiger partial charge in [-0.3, -0.25) is 4.79 Å². The molecule has 26 heavy (non-hydrogen) atoms. The molecule has 1 N–H and O–H groups in total. The molecular formula is C17H22N4O5. The number of rotatable bonds is 9. The van der Waals surface area contributed by atoms with Crippen LogP contribution >= 0.6 is 0 Å². The lowest BCUT2D eigenvalue weighted by Crippen LogP contribution is -2.16. The molecular weight excluding hydrogens is 340 g/mol. The van der Waals surface area contributed by atoms with E-state index in [0.717, 1.165) is 5.56 Å². The normalized spacial score (nSPS) is 10.3. The number of hydrogen-bond donors (Lipinski definition) is 1. The monoisotopic (exact) mass is 362 g/mol. The number of methoxy groups -OCH3 is 2. The zero-order chi connectivity index (χ0) is 18.9. The number of nitrogens with zero attached hydrogens (tertiary/aromatic N) is 3. The summed E-state index contributed by atoms with van der Waals surface area (Å²) in [6.45, 7) is 1.91. The van der Waals surface area contributed by atoms with E-state index < -0.39 is 5.97 Å². The van der Waals surface area contributed by atoms with Crippen LogP contribution in [0.25, 0.3) is 0 Å². The molecule has 0 aliphatic rings. The van der Waals surface area contributed by atoms with Crippen LogP contribution in [0.15, 0.2) is 24.4 Å². The largest absolute Gasteiger partial charge is 0.493 e. The summed E-state index contributed by atoms with van der Waals surface area (Å²) in [5, 5.41) is 10.6. The number of aryl methyl sites for hydroxylation is 1. The molecule has 1 aromatic carbocycles. The van der Waals surface area contributed by atoms with Gasteiger partial charge in [-0.2, -0.15) is 9.90 Å². The topological polar surface area (TPSA) is 105 Å². The van der Waals surface area contributed by atoms with Crippen LogP contribution in [0.4, 0.5) is 5.82 Å². The highest BCUT2D eigenvalue weighted by molar-refractivity contribution is 5.89. The zero-order valence-corrected chi connectivity index (χ0v) is 15.0. The SMILES string of the molecule is CCOC(=O)Cn1ncc(NC(=O)CCc2ccc(OC)c(OC)c2)n1. The van der Waals surface area contributed by atoms with Crippen molar-refractivity contribution in [2.75, 3.05) is 26.1 Å². The van der Waals surface area contributed by atoms with E-state index in [0.29, 0.717) is 24.5 Å². The second-order valence-electron chi connectivity index (χ2n) is 5.30. The predicted molar refractivity (Wildman–Crippen MR) is 93.2 cm³/mol. The van der Waals surface area contributed by atoms with Crippen molar-refractivity contribution in [3.63, 3.8) is 0 Å². The summed E-state index contributed by atoms with van der Waals surface area (Å²) in [7, 11) is 3.13. The van der Waals surface area contributed by atoms with Gasteiger partial charge < -0.3 is 19.5 Å². The molecule has 0 aliphatic heterocycles. The van der Waals surface area contributed by atoms with E-state index >= 15 is 0 Å². The van der Waals surface area contributed by atoms with Gasteiger partial charge in [-0.1, -0.05) is 6.07 Å². The minimum Gasteiger partial charge on any atom is -0.493 e. The fourth-order valence-corrected chi connectivity index (χ4v) is 2.25. The Hall–Kier alpha value is -3.10. The number of nitrogens with one attached hydrogen (secondary N) is 1. The molecule has 0 radical (unpaired) electrons. The van der Waals surface area contributed by atoms with Crippen molar-refractivity contribution in [1.82, 2.24) is 15.0 Å². The van der Waals surface area contributed by atoms with Gasteiger partial charge in [-0.25, -0.2) is 4.79 Å². The van der Waals surface area contributed by atoms with E-state index in [1.54, 1.807) is 27.2 Å². The highest BCUT2D eigenvalue weighted by Gasteiger charge is 2.10. The summed E-state index contributed by atoms with van der Waals surface area (Å²) in [5.41, 5.74) is 0.948. The minimum atomic E-state index is -0.436. The Morgan fingerprint density at radius 2 is 1.96 bits per heavy atom. The van der Waals surface area contributed by atoms with Crippen molar-refractivity contribution < 1.29 is 23.8 Å². The maximum absolute atomic E-state index is 12.1. The molecule has 0 aliphatic carbocycles. The van der Waals surface area contributed by atoms with E-state index in [1.165, 1.54) is 11.0 Å². The van der Waals surface area contributed by atoms with E-state index in [4.69, 9.17) is 14.2 Å².